The molecule has 0 saturated heterocycles. The number of rotatable bonds is 11. The number of hydrogen-bond acceptors (Lipinski definition) is 2. The van der Waals surface area contributed by atoms with Crippen LogP contribution in [0.25, 0.3) is 0 Å². The van der Waals surface area contributed by atoms with Crippen LogP contribution in [-0.2, 0) is 4.79 Å². The lowest BCUT2D eigenvalue weighted by molar-refractivity contribution is -0.122. The Labute approximate surface area is 113 Å². The van der Waals surface area contributed by atoms with Crippen molar-refractivity contribution in [3.05, 3.63) is 0 Å². The Morgan fingerprint density at radius 2 is 1.67 bits per heavy atom. The molecule has 0 aliphatic rings. The van der Waals surface area contributed by atoms with Crippen molar-refractivity contribution in [2.75, 3.05) is 6.54 Å². The van der Waals surface area contributed by atoms with Crippen LogP contribution in [0.15, 0.2) is 0 Å². The molecule has 0 aliphatic carbocycles. The first-order valence-corrected chi connectivity index (χ1v) is 7.65. The van der Waals surface area contributed by atoms with Gasteiger partial charge in [-0.3, -0.25) is 4.79 Å². The molecule has 2 unspecified atom stereocenters. The second kappa shape index (κ2) is 11.5. The molecule has 3 nitrogen and oxygen atoms in total. The molecule has 0 aromatic heterocycles. The van der Waals surface area contributed by atoms with Gasteiger partial charge in [0.1, 0.15) is 0 Å². The highest BCUT2D eigenvalue weighted by atomic mass is 16.2. The molecule has 0 aliphatic heterocycles. The number of unbranched alkanes of at least 4 members (excludes halogenated alkanes) is 4. The van der Waals surface area contributed by atoms with Crippen LogP contribution in [0.3, 0.4) is 0 Å². The van der Waals surface area contributed by atoms with E-state index in [2.05, 4.69) is 31.4 Å². The fourth-order valence-electron chi connectivity index (χ4n) is 2.04. The second-order valence-corrected chi connectivity index (χ2v) is 5.28. The topological polar surface area (TPSA) is 41.1 Å². The summed E-state index contributed by atoms with van der Waals surface area (Å²) in [5.74, 6) is 0.120. The molecule has 2 N–H and O–H groups in total. The SMILES string of the molecule is CCCCCCCC(C)NC(C)C(=O)NCCC. The van der Waals surface area contributed by atoms with Gasteiger partial charge in [0.15, 0.2) is 0 Å². The van der Waals surface area contributed by atoms with E-state index in [1.54, 1.807) is 0 Å². The lowest BCUT2D eigenvalue weighted by Crippen LogP contribution is -2.45. The molecule has 0 aromatic rings. The summed E-state index contributed by atoms with van der Waals surface area (Å²) in [6.45, 7) is 9.19. The summed E-state index contributed by atoms with van der Waals surface area (Å²) in [7, 11) is 0. The summed E-state index contributed by atoms with van der Waals surface area (Å²) >= 11 is 0. The zero-order valence-electron chi connectivity index (χ0n) is 12.7. The fraction of sp³-hybridized carbons (Fsp3) is 0.933. The Morgan fingerprint density at radius 1 is 1.00 bits per heavy atom. The van der Waals surface area contributed by atoms with Crippen LogP contribution in [0.2, 0.25) is 0 Å². The third-order valence-electron chi connectivity index (χ3n) is 3.22. The molecule has 0 saturated carbocycles. The van der Waals surface area contributed by atoms with Gasteiger partial charge in [0.2, 0.25) is 5.91 Å². The number of amides is 1. The van der Waals surface area contributed by atoms with Crippen molar-refractivity contribution in [1.82, 2.24) is 10.6 Å². The summed E-state index contributed by atoms with van der Waals surface area (Å²) in [5, 5.41) is 6.29. The zero-order chi connectivity index (χ0) is 13.8. The van der Waals surface area contributed by atoms with Gasteiger partial charge < -0.3 is 10.6 Å². The predicted octanol–water partition coefficient (Wildman–Crippen LogP) is 3.24. The Kier molecular flexibility index (Phi) is 11.2. The highest BCUT2D eigenvalue weighted by Gasteiger charge is 2.13. The molecule has 18 heavy (non-hydrogen) atoms. The van der Waals surface area contributed by atoms with E-state index in [1.165, 1.54) is 32.1 Å². The Hall–Kier alpha value is -0.570. The first kappa shape index (κ1) is 17.4. The molecule has 108 valence electrons. The first-order valence-electron chi connectivity index (χ1n) is 7.65. The van der Waals surface area contributed by atoms with Gasteiger partial charge in [-0.2, -0.15) is 0 Å². The van der Waals surface area contributed by atoms with E-state index in [1.807, 2.05) is 6.92 Å². The normalized spacial score (nSPS) is 14.2. The van der Waals surface area contributed by atoms with Gasteiger partial charge in [0.05, 0.1) is 6.04 Å². The summed E-state index contributed by atoms with van der Waals surface area (Å²) in [4.78, 5) is 11.7. The van der Waals surface area contributed by atoms with E-state index in [9.17, 15) is 4.79 Å². The fourth-order valence-corrected chi connectivity index (χ4v) is 2.04. The Balaban J connectivity index is 3.59. The standard InChI is InChI=1S/C15H32N2O/c1-5-7-8-9-10-11-13(3)17-14(4)15(18)16-12-6-2/h13-14,17H,5-12H2,1-4H3,(H,16,18). The summed E-state index contributed by atoms with van der Waals surface area (Å²) < 4.78 is 0. The smallest absolute Gasteiger partial charge is 0.236 e. The van der Waals surface area contributed by atoms with E-state index in [0.29, 0.717) is 6.04 Å². The van der Waals surface area contributed by atoms with Crippen molar-refractivity contribution in [3.63, 3.8) is 0 Å². The Morgan fingerprint density at radius 3 is 2.28 bits per heavy atom. The third kappa shape index (κ3) is 9.46. The van der Waals surface area contributed by atoms with Crippen molar-refractivity contribution in [2.24, 2.45) is 0 Å². The van der Waals surface area contributed by atoms with Gasteiger partial charge in [-0.15, -0.1) is 0 Å². The van der Waals surface area contributed by atoms with Crippen LogP contribution < -0.4 is 10.6 Å². The quantitative estimate of drug-likeness (QED) is 0.557. The van der Waals surface area contributed by atoms with Crippen molar-refractivity contribution < 1.29 is 4.79 Å². The minimum Gasteiger partial charge on any atom is -0.355 e. The molecule has 3 heteroatoms. The number of carbonyl (C=O) groups is 1. The third-order valence-corrected chi connectivity index (χ3v) is 3.22. The number of nitrogens with one attached hydrogen (secondary N) is 2. The molecule has 0 aromatic carbocycles. The summed E-state index contributed by atoms with van der Waals surface area (Å²) in [6, 6.07) is 0.344. The van der Waals surface area contributed by atoms with E-state index < -0.39 is 0 Å². The first-order chi connectivity index (χ1) is 8.61. The summed E-state index contributed by atoms with van der Waals surface area (Å²) in [5.41, 5.74) is 0. The molecule has 0 spiro atoms. The van der Waals surface area contributed by atoms with Crippen LogP contribution in [0.1, 0.15) is 72.6 Å². The van der Waals surface area contributed by atoms with Gasteiger partial charge in [-0.1, -0.05) is 46.0 Å². The zero-order valence-corrected chi connectivity index (χ0v) is 12.7. The van der Waals surface area contributed by atoms with Gasteiger partial charge >= 0.3 is 0 Å². The average molecular weight is 256 g/mol. The van der Waals surface area contributed by atoms with Crippen molar-refractivity contribution in [3.8, 4) is 0 Å². The minimum atomic E-state index is -0.0813. The molecule has 1 amide bonds. The molecule has 0 rings (SSSR count). The van der Waals surface area contributed by atoms with Crippen molar-refractivity contribution in [2.45, 2.75) is 84.7 Å². The molecule has 2 atom stereocenters. The van der Waals surface area contributed by atoms with Gasteiger partial charge in [-0.25, -0.2) is 0 Å². The lowest BCUT2D eigenvalue weighted by atomic mass is 10.1. The minimum absolute atomic E-state index is 0.0813. The lowest BCUT2D eigenvalue weighted by Gasteiger charge is -2.19. The maximum Gasteiger partial charge on any atom is 0.236 e. The molecule has 0 radical (unpaired) electrons. The molecule has 0 bridgehead atoms. The van der Waals surface area contributed by atoms with Crippen LogP contribution in [0.4, 0.5) is 0 Å². The number of hydrogen-bond donors (Lipinski definition) is 2. The van der Waals surface area contributed by atoms with Crippen molar-refractivity contribution >= 4 is 5.91 Å². The van der Waals surface area contributed by atoms with Crippen LogP contribution in [0, 0.1) is 0 Å². The summed E-state index contributed by atoms with van der Waals surface area (Å²) in [6.07, 6.45) is 8.71. The van der Waals surface area contributed by atoms with E-state index in [0.717, 1.165) is 19.4 Å². The average Bonchev–Trinajstić information content (AvgIpc) is 2.35. The van der Waals surface area contributed by atoms with Gasteiger partial charge in [-0.05, 0) is 26.7 Å². The van der Waals surface area contributed by atoms with Crippen molar-refractivity contribution in [1.29, 1.82) is 0 Å². The monoisotopic (exact) mass is 256 g/mol. The van der Waals surface area contributed by atoms with E-state index in [4.69, 9.17) is 0 Å². The van der Waals surface area contributed by atoms with Crippen LogP contribution in [0.5, 0.6) is 0 Å². The Bertz CT molecular complexity index is 207. The number of carbonyl (C=O) groups excluding carboxylic acids is 1. The van der Waals surface area contributed by atoms with Gasteiger partial charge in [0.25, 0.3) is 0 Å². The molecule has 0 heterocycles. The van der Waals surface area contributed by atoms with Gasteiger partial charge in [0, 0.05) is 12.6 Å². The largest absolute Gasteiger partial charge is 0.355 e. The molecule has 0 fully saturated rings. The van der Waals surface area contributed by atoms with Crippen LogP contribution in [-0.4, -0.2) is 24.5 Å². The molecular formula is C15H32N2O. The molecular weight excluding hydrogens is 224 g/mol. The van der Waals surface area contributed by atoms with E-state index >= 15 is 0 Å². The second-order valence-electron chi connectivity index (χ2n) is 5.28. The van der Waals surface area contributed by atoms with Crippen LogP contribution >= 0.6 is 0 Å². The highest BCUT2D eigenvalue weighted by Crippen LogP contribution is 2.07. The predicted molar refractivity (Wildman–Crippen MR) is 78.7 cm³/mol. The maximum absolute atomic E-state index is 11.7. The van der Waals surface area contributed by atoms with E-state index in [-0.39, 0.29) is 11.9 Å². The highest BCUT2D eigenvalue weighted by molar-refractivity contribution is 5.81. The maximum atomic E-state index is 11.7.